The topological polar surface area (TPSA) is 93.4 Å². The smallest absolute Gasteiger partial charge is 0.286 e. The maximum Gasteiger partial charge on any atom is 0.286 e. The average molecular weight is 252 g/mol. The lowest BCUT2D eigenvalue weighted by Gasteiger charge is -2.06. The molecule has 1 N–H and O–H groups in total. The highest BCUT2D eigenvalue weighted by molar-refractivity contribution is 5.79. The molecule has 1 aromatic rings. The number of nitrogens with one attached hydrogen (secondary N) is 1. The molecule has 0 saturated carbocycles. The Morgan fingerprint density at radius 3 is 2.83 bits per heavy atom. The summed E-state index contributed by atoms with van der Waals surface area (Å²) < 4.78 is 1.93. The average Bonchev–Trinajstić information content (AvgIpc) is 2.75. The number of hydrogen-bond acceptors (Lipinski definition) is 4. The second-order valence-electron chi connectivity index (χ2n) is 3.86. The molecule has 1 rings (SSSR count). The Balaban J connectivity index is 2.12. The monoisotopic (exact) mass is 252 g/mol. The molecule has 18 heavy (non-hydrogen) atoms. The largest absolute Gasteiger partial charge is 0.354 e. The van der Waals surface area contributed by atoms with Crippen LogP contribution in [-0.2, 0) is 16.1 Å². The first-order chi connectivity index (χ1) is 8.63. The molecule has 0 aromatic carbocycles. The summed E-state index contributed by atoms with van der Waals surface area (Å²) >= 11 is 0. The maximum absolute atomic E-state index is 11.4. The van der Waals surface area contributed by atoms with E-state index in [1.165, 1.54) is 0 Å². The molecule has 2 amide bonds. The van der Waals surface area contributed by atoms with Gasteiger partial charge in [-0.2, -0.15) is 0 Å². The van der Waals surface area contributed by atoms with Gasteiger partial charge in [0.15, 0.2) is 0 Å². The first-order valence-corrected chi connectivity index (χ1v) is 5.74. The summed E-state index contributed by atoms with van der Waals surface area (Å²) in [5, 5.41) is 4.99. The third-order valence-corrected chi connectivity index (χ3v) is 2.49. The minimum atomic E-state index is -0.711. The van der Waals surface area contributed by atoms with E-state index in [4.69, 9.17) is 0 Å². The minimum absolute atomic E-state index is 0.0253. The zero-order chi connectivity index (χ0) is 13.4. The molecule has 98 valence electrons. The third kappa shape index (κ3) is 4.86. The summed E-state index contributed by atoms with van der Waals surface area (Å²) in [6.07, 6.45) is 4.15. The van der Waals surface area contributed by atoms with Crippen molar-refractivity contribution in [3.05, 3.63) is 23.1 Å². The number of nitrogens with zero attached hydrogens (tertiary/aromatic N) is 3. The number of imidazole rings is 1. The lowest BCUT2D eigenvalue weighted by molar-refractivity contribution is -0.121. The lowest BCUT2D eigenvalue weighted by Crippen LogP contribution is -2.27. The number of aromatic nitrogens is 2. The first-order valence-electron chi connectivity index (χ1n) is 5.74. The van der Waals surface area contributed by atoms with Crippen LogP contribution in [0.3, 0.4) is 0 Å². The van der Waals surface area contributed by atoms with Gasteiger partial charge in [0.05, 0.1) is 0 Å². The zero-order valence-corrected chi connectivity index (χ0v) is 10.3. The van der Waals surface area contributed by atoms with Crippen LogP contribution < -0.4 is 5.32 Å². The van der Waals surface area contributed by atoms with Crippen LogP contribution in [0.15, 0.2) is 17.6 Å². The van der Waals surface area contributed by atoms with Crippen molar-refractivity contribution in [2.45, 2.75) is 32.7 Å². The van der Waals surface area contributed by atoms with Crippen molar-refractivity contribution in [3.8, 4) is 0 Å². The fraction of sp³-hybridized carbons (Fsp3) is 0.545. The van der Waals surface area contributed by atoms with E-state index in [1.54, 1.807) is 6.20 Å². The third-order valence-electron chi connectivity index (χ3n) is 2.49. The summed E-state index contributed by atoms with van der Waals surface area (Å²) in [5.41, 5.74) is 0. The van der Waals surface area contributed by atoms with E-state index in [-0.39, 0.29) is 18.7 Å². The molecule has 0 aliphatic carbocycles. The molecule has 0 radical (unpaired) electrons. The molecule has 0 saturated heterocycles. The summed E-state index contributed by atoms with van der Waals surface area (Å²) in [6, 6.07) is 0. The summed E-state index contributed by atoms with van der Waals surface area (Å²) in [4.78, 5) is 35.8. The Labute approximate surface area is 105 Å². The highest BCUT2D eigenvalue weighted by Gasteiger charge is 2.05. The van der Waals surface area contributed by atoms with E-state index in [1.807, 2.05) is 17.7 Å². The van der Waals surface area contributed by atoms with Gasteiger partial charge >= 0.3 is 0 Å². The van der Waals surface area contributed by atoms with Crippen molar-refractivity contribution in [1.82, 2.24) is 14.9 Å². The van der Waals surface area contributed by atoms with Gasteiger partial charge in [-0.15, -0.1) is 4.91 Å². The summed E-state index contributed by atoms with van der Waals surface area (Å²) in [5.74, 6) is 0.0511. The Morgan fingerprint density at radius 2 is 2.22 bits per heavy atom. The van der Waals surface area contributed by atoms with Gasteiger partial charge in [0.2, 0.25) is 5.91 Å². The molecule has 0 unspecified atom stereocenters. The number of carbonyl (C=O) groups is 2. The summed E-state index contributed by atoms with van der Waals surface area (Å²) in [6.45, 7) is 3.06. The molecule has 1 heterocycles. The van der Waals surface area contributed by atoms with E-state index >= 15 is 0 Å². The highest BCUT2D eigenvalue weighted by Crippen LogP contribution is 1.97. The number of nitroso groups, excluding NO2 is 1. The fourth-order valence-corrected chi connectivity index (χ4v) is 1.49. The molecule has 0 spiro atoms. The number of hydrogen-bond donors (Lipinski definition) is 1. The second-order valence-corrected chi connectivity index (χ2v) is 3.86. The quantitative estimate of drug-likeness (QED) is 0.725. The van der Waals surface area contributed by atoms with Gasteiger partial charge < -0.3 is 9.88 Å². The van der Waals surface area contributed by atoms with E-state index in [2.05, 4.69) is 15.5 Å². The molecule has 0 atom stereocenters. The van der Waals surface area contributed by atoms with Crippen LogP contribution in [0.1, 0.15) is 25.1 Å². The highest BCUT2D eigenvalue weighted by atomic mass is 16.3. The minimum Gasteiger partial charge on any atom is -0.354 e. The molecular formula is C11H16N4O3. The van der Waals surface area contributed by atoms with E-state index < -0.39 is 5.91 Å². The van der Waals surface area contributed by atoms with Gasteiger partial charge in [-0.05, 0) is 13.3 Å². The molecular weight excluding hydrogens is 236 g/mol. The molecule has 0 fully saturated rings. The van der Waals surface area contributed by atoms with Crippen molar-refractivity contribution in [2.24, 2.45) is 5.18 Å². The van der Waals surface area contributed by atoms with Gasteiger partial charge in [-0.25, -0.2) is 4.98 Å². The molecule has 0 bridgehead atoms. The Bertz CT molecular complexity index is 428. The summed E-state index contributed by atoms with van der Waals surface area (Å²) in [7, 11) is 0. The molecule has 1 aromatic heterocycles. The molecule has 7 heteroatoms. The van der Waals surface area contributed by atoms with Crippen molar-refractivity contribution < 1.29 is 9.59 Å². The van der Waals surface area contributed by atoms with Gasteiger partial charge in [0.1, 0.15) is 5.82 Å². The van der Waals surface area contributed by atoms with Gasteiger partial charge in [0.25, 0.3) is 5.91 Å². The molecule has 7 nitrogen and oxygen atoms in total. The first kappa shape index (κ1) is 14.0. The standard InChI is InChI=1S/C11H16N4O3/c1-9-12-5-7-15(9)8-6-13-10(16)3-2-4-11(17)14-18/h5,7H,2-4,6,8H2,1H3,(H,13,16). The predicted octanol–water partition coefficient (Wildman–Crippen LogP) is 0.771. The van der Waals surface area contributed by atoms with Crippen LogP contribution in [0.25, 0.3) is 0 Å². The van der Waals surface area contributed by atoms with E-state index in [9.17, 15) is 14.5 Å². The van der Waals surface area contributed by atoms with Crippen molar-refractivity contribution in [3.63, 3.8) is 0 Å². The van der Waals surface area contributed by atoms with Gasteiger partial charge in [-0.3, -0.25) is 9.59 Å². The Morgan fingerprint density at radius 1 is 1.44 bits per heavy atom. The second kappa shape index (κ2) is 7.31. The van der Waals surface area contributed by atoms with Crippen LogP contribution in [0.5, 0.6) is 0 Å². The number of amides is 2. The van der Waals surface area contributed by atoms with Gasteiger partial charge in [0, 0.05) is 43.5 Å². The SMILES string of the molecule is Cc1nccn1CCNC(=O)CCCC(=O)N=O. The van der Waals surface area contributed by atoms with E-state index in [0.717, 1.165) is 5.82 Å². The maximum atomic E-state index is 11.4. The number of aryl methyl sites for hydroxylation is 1. The van der Waals surface area contributed by atoms with Crippen molar-refractivity contribution >= 4 is 11.8 Å². The lowest BCUT2D eigenvalue weighted by atomic mass is 10.2. The predicted molar refractivity (Wildman–Crippen MR) is 64.6 cm³/mol. The Hall–Kier alpha value is -2.05. The van der Waals surface area contributed by atoms with Crippen LogP contribution in [-0.4, -0.2) is 27.9 Å². The van der Waals surface area contributed by atoms with E-state index in [0.29, 0.717) is 19.5 Å². The normalized spacial score (nSPS) is 10.1. The number of carbonyl (C=O) groups excluding carboxylic acids is 2. The van der Waals surface area contributed by atoms with Crippen molar-refractivity contribution in [1.29, 1.82) is 0 Å². The van der Waals surface area contributed by atoms with Crippen molar-refractivity contribution in [2.75, 3.05) is 6.54 Å². The van der Waals surface area contributed by atoms with Crippen LogP contribution in [0, 0.1) is 11.8 Å². The molecule has 0 aliphatic heterocycles. The zero-order valence-electron chi connectivity index (χ0n) is 10.3. The number of rotatable bonds is 7. The van der Waals surface area contributed by atoms with Crippen LogP contribution >= 0.6 is 0 Å². The van der Waals surface area contributed by atoms with Gasteiger partial charge in [-0.1, -0.05) is 0 Å². The van der Waals surface area contributed by atoms with Crippen LogP contribution in [0.4, 0.5) is 0 Å². The fourth-order valence-electron chi connectivity index (χ4n) is 1.49. The van der Waals surface area contributed by atoms with Crippen LogP contribution in [0.2, 0.25) is 0 Å². The molecule has 0 aliphatic rings. The Kier molecular flexibility index (Phi) is 5.69.